The van der Waals surface area contributed by atoms with Crippen molar-refractivity contribution in [2.24, 2.45) is 0 Å². The lowest BCUT2D eigenvalue weighted by Crippen LogP contribution is -2.70. The van der Waals surface area contributed by atoms with Crippen LogP contribution in [0.2, 0.25) is 0 Å². The number of phenolic OH excluding ortho intramolecular Hbond substituents is 2. The molecule has 0 amide bonds. The van der Waals surface area contributed by atoms with E-state index in [-0.39, 0.29) is 77.0 Å². The predicted octanol–water partition coefficient (Wildman–Crippen LogP) is 3.88. The number of aliphatic hydroxyl groups is 6. The number of aromatic hydroxyl groups is 2. The first kappa shape index (κ1) is 47.6. The van der Waals surface area contributed by atoms with Crippen LogP contribution in [0.15, 0.2) is 52.5 Å². The van der Waals surface area contributed by atoms with Crippen LogP contribution < -0.4 is 0 Å². The molecule has 18 heteroatoms. The Bertz CT molecular complexity index is 2520. The summed E-state index contributed by atoms with van der Waals surface area (Å²) in [4.78, 5) is 30.1. The molecule has 14 unspecified atom stereocenters. The van der Waals surface area contributed by atoms with Gasteiger partial charge in [-0.05, 0) is 83.9 Å². The van der Waals surface area contributed by atoms with Crippen molar-refractivity contribution < 1.29 is 88.0 Å². The SMILES string of the molecule is CC1OC(O[C@]23C(=O)C[C@](C)(O)C[C@@]2(O)C=CC2=C3c3oc(-c4ccc(O)cc4)c4cc(C5CC(OC6CCC(OC7CC(O)C(O)C(C)O7)C(C)O6)C(O)C(C)O5)c(O)c(c34)C2=O)CCC1O. The van der Waals surface area contributed by atoms with E-state index in [1.807, 2.05) is 6.92 Å². The van der Waals surface area contributed by atoms with E-state index in [9.17, 15) is 45.6 Å². The standard InChI is InChI=1S/C50H60O18/c1-21-30(52)10-12-37(62-21)68-50-35(54)19-48(5,59)20-49(50,60)15-14-27-41(50)47-39-29(46(67-47)25-6-8-26(51)9-7-25)16-28(45(58)40(39)44(27)57)33-18-34(43(56)24(4)61-33)66-36-13-11-32(22(2)63-36)65-38-17-31(53)42(55)23(3)64-38/h6-9,14-16,21-24,30-34,36-38,42-43,51-53,55-56,58-60H,10-13,17-20H2,1-5H3/t21?,22?,23?,24?,30?,31?,32?,33?,34?,36?,37?,38?,42?,43?,48-,49-,50-/m0/s1. The summed E-state index contributed by atoms with van der Waals surface area (Å²) >= 11 is 0. The molecule has 5 fully saturated rings. The Morgan fingerprint density at radius 3 is 2.10 bits per heavy atom. The highest BCUT2D eigenvalue weighted by molar-refractivity contribution is 6.31. The van der Waals surface area contributed by atoms with E-state index in [4.69, 9.17) is 37.6 Å². The molecule has 3 aromatic rings. The van der Waals surface area contributed by atoms with E-state index in [1.165, 1.54) is 31.2 Å². The van der Waals surface area contributed by atoms with Gasteiger partial charge in [0.2, 0.25) is 0 Å². The highest BCUT2D eigenvalue weighted by Crippen LogP contribution is 2.60. The molecule has 0 radical (unpaired) electrons. The van der Waals surface area contributed by atoms with E-state index in [0.717, 1.165) is 0 Å². The first-order chi connectivity index (χ1) is 32.2. The number of furan rings is 1. The van der Waals surface area contributed by atoms with Crippen LogP contribution in [-0.2, 0) is 38.0 Å². The topological polar surface area (TPSA) is 274 Å². The summed E-state index contributed by atoms with van der Waals surface area (Å²) in [7, 11) is 0. The van der Waals surface area contributed by atoms with Gasteiger partial charge < -0.3 is 78.4 Å². The molecule has 68 heavy (non-hydrogen) atoms. The van der Waals surface area contributed by atoms with Crippen molar-refractivity contribution in [1.82, 2.24) is 0 Å². The Kier molecular flexibility index (Phi) is 12.1. The summed E-state index contributed by atoms with van der Waals surface area (Å²) in [5.41, 5.74) is -6.04. The van der Waals surface area contributed by atoms with Crippen LogP contribution in [0, 0.1) is 0 Å². The fraction of sp³-hybridized carbons (Fsp3) is 0.600. The molecule has 3 aliphatic carbocycles. The van der Waals surface area contributed by atoms with E-state index < -0.39 is 127 Å². The highest BCUT2D eigenvalue weighted by Gasteiger charge is 2.68. The van der Waals surface area contributed by atoms with Crippen molar-refractivity contribution in [3.63, 3.8) is 0 Å². The summed E-state index contributed by atoms with van der Waals surface area (Å²) < 4.78 is 50.6. The second-order valence-corrected chi connectivity index (χ2v) is 20.1. The van der Waals surface area contributed by atoms with Gasteiger partial charge in [-0.3, -0.25) is 9.59 Å². The number of fused-ring (bicyclic) bond motifs is 3. The minimum atomic E-state index is -2.37. The van der Waals surface area contributed by atoms with Crippen LogP contribution in [0.3, 0.4) is 0 Å². The van der Waals surface area contributed by atoms with E-state index in [1.54, 1.807) is 39.0 Å². The number of hydrogen-bond acceptors (Lipinski definition) is 18. The zero-order valence-electron chi connectivity index (χ0n) is 38.4. The molecule has 8 N–H and O–H groups in total. The van der Waals surface area contributed by atoms with Gasteiger partial charge in [-0.1, -0.05) is 6.08 Å². The third kappa shape index (κ3) is 7.85. The van der Waals surface area contributed by atoms with E-state index in [0.29, 0.717) is 23.8 Å². The summed E-state index contributed by atoms with van der Waals surface area (Å²) in [6.07, 6.45) is -8.28. The lowest BCUT2D eigenvalue weighted by atomic mass is 9.58. The number of rotatable bonds is 8. The molecule has 1 saturated carbocycles. The van der Waals surface area contributed by atoms with Crippen molar-refractivity contribution in [1.29, 1.82) is 0 Å². The third-order valence-corrected chi connectivity index (χ3v) is 15.0. The van der Waals surface area contributed by atoms with Crippen LogP contribution >= 0.6 is 0 Å². The monoisotopic (exact) mass is 948 g/mol. The number of ketones is 2. The Balaban J connectivity index is 1.01. The lowest BCUT2D eigenvalue weighted by Gasteiger charge is -2.55. The highest BCUT2D eigenvalue weighted by atomic mass is 16.7. The van der Waals surface area contributed by atoms with Gasteiger partial charge in [0, 0.05) is 71.6 Å². The van der Waals surface area contributed by atoms with Gasteiger partial charge in [-0.2, -0.15) is 0 Å². The fourth-order valence-corrected chi connectivity index (χ4v) is 11.4. The van der Waals surface area contributed by atoms with Crippen LogP contribution in [0.4, 0.5) is 0 Å². The van der Waals surface area contributed by atoms with Gasteiger partial charge in [0.05, 0.1) is 66.1 Å². The maximum absolute atomic E-state index is 15.2. The Hall–Kier alpha value is -4.12. The number of benzene rings is 2. The summed E-state index contributed by atoms with van der Waals surface area (Å²) in [6.45, 7) is 8.24. The van der Waals surface area contributed by atoms with E-state index in [2.05, 4.69) is 0 Å². The van der Waals surface area contributed by atoms with Gasteiger partial charge in [0.1, 0.15) is 40.8 Å². The molecule has 17 atom stereocenters. The van der Waals surface area contributed by atoms with Gasteiger partial charge in [0.15, 0.2) is 36.0 Å². The molecular weight excluding hydrogens is 889 g/mol. The van der Waals surface area contributed by atoms with Crippen molar-refractivity contribution in [2.75, 3.05) is 0 Å². The molecular formula is C50H60O18. The van der Waals surface area contributed by atoms with Crippen LogP contribution in [0.1, 0.15) is 114 Å². The number of hydrogen-bond donors (Lipinski definition) is 8. The smallest absolute Gasteiger partial charge is 0.198 e. The normalized spacial score (nSPS) is 41.8. The second-order valence-electron chi connectivity index (χ2n) is 20.1. The molecule has 368 valence electrons. The number of Topliss-reactive ketones (excluding diaryl/α,β-unsaturated/α-hetero) is 2. The third-order valence-electron chi connectivity index (χ3n) is 15.0. The number of carbonyl (C=O) groups excluding carboxylic acids is 2. The van der Waals surface area contributed by atoms with Crippen molar-refractivity contribution in [2.45, 2.75) is 189 Å². The predicted molar refractivity (Wildman–Crippen MR) is 237 cm³/mol. The maximum Gasteiger partial charge on any atom is 0.198 e. The van der Waals surface area contributed by atoms with Gasteiger partial charge in [-0.25, -0.2) is 0 Å². The Morgan fingerprint density at radius 2 is 1.40 bits per heavy atom. The number of carbonyl (C=O) groups is 2. The van der Waals surface area contributed by atoms with Crippen LogP contribution in [0.25, 0.3) is 27.7 Å². The number of ether oxygens (including phenoxy) is 7. The average molecular weight is 949 g/mol. The second kappa shape index (κ2) is 17.3. The average Bonchev–Trinajstić information content (AvgIpc) is 3.64. The van der Waals surface area contributed by atoms with E-state index >= 15 is 4.79 Å². The zero-order chi connectivity index (χ0) is 48.4. The van der Waals surface area contributed by atoms with Crippen molar-refractivity contribution in [3.8, 4) is 22.8 Å². The van der Waals surface area contributed by atoms with Crippen molar-refractivity contribution >= 4 is 27.9 Å². The molecule has 7 aliphatic rings. The number of allylic oxidation sites excluding steroid dienone is 2. The largest absolute Gasteiger partial charge is 0.508 e. The Labute approximate surface area is 391 Å². The minimum Gasteiger partial charge on any atom is -0.508 e. The summed E-state index contributed by atoms with van der Waals surface area (Å²) in [6, 6.07) is 7.73. The zero-order valence-corrected chi connectivity index (χ0v) is 38.4. The molecule has 2 aromatic carbocycles. The quantitative estimate of drug-likeness (QED) is 0.159. The summed E-state index contributed by atoms with van der Waals surface area (Å²) in [5.74, 6) is -1.80. The Morgan fingerprint density at radius 1 is 0.721 bits per heavy atom. The molecule has 5 heterocycles. The molecule has 10 rings (SSSR count). The summed E-state index contributed by atoms with van der Waals surface area (Å²) in [5, 5.41) is 89.6. The molecule has 0 spiro atoms. The molecule has 0 bridgehead atoms. The lowest BCUT2D eigenvalue weighted by molar-refractivity contribution is -0.306. The minimum absolute atomic E-state index is 0.0143. The maximum atomic E-state index is 15.2. The van der Waals surface area contributed by atoms with Crippen LogP contribution in [-0.4, -0.2) is 149 Å². The first-order valence-corrected chi connectivity index (χ1v) is 23.6. The molecule has 4 saturated heterocycles. The van der Waals surface area contributed by atoms with Crippen LogP contribution in [0.5, 0.6) is 11.5 Å². The van der Waals surface area contributed by atoms with Gasteiger partial charge in [-0.15, -0.1) is 0 Å². The van der Waals surface area contributed by atoms with Crippen molar-refractivity contribution in [3.05, 3.63) is 64.9 Å². The molecule has 4 aliphatic heterocycles. The van der Waals surface area contributed by atoms with Gasteiger partial charge in [0.25, 0.3) is 0 Å². The number of aliphatic hydroxyl groups excluding tert-OH is 4. The molecule has 1 aromatic heterocycles. The number of phenols is 2. The first-order valence-electron chi connectivity index (χ1n) is 23.6. The van der Waals surface area contributed by atoms with Gasteiger partial charge >= 0.3 is 0 Å². The fourth-order valence-electron chi connectivity index (χ4n) is 11.4. The molecule has 18 nitrogen and oxygen atoms in total.